The highest BCUT2D eigenvalue weighted by atomic mass is 35.5. The van der Waals surface area contributed by atoms with E-state index in [-0.39, 0.29) is 23.7 Å². The minimum absolute atomic E-state index is 0.154. The minimum atomic E-state index is -1.11. The van der Waals surface area contributed by atoms with Gasteiger partial charge >= 0.3 is 5.97 Å². The molecule has 0 aliphatic rings. The van der Waals surface area contributed by atoms with Crippen molar-refractivity contribution in [1.82, 2.24) is 15.1 Å². The predicted octanol–water partition coefficient (Wildman–Crippen LogP) is 3.32. The minimum Gasteiger partial charge on any atom is -0.493 e. The maximum absolute atomic E-state index is 13.4. The van der Waals surface area contributed by atoms with Crippen LogP contribution < -0.4 is 5.32 Å². The van der Waals surface area contributed by atoms with Gasteiger partial charge in [0.2, 0.25) is 5.88 Å². The topological polar surface area (TPSA) is 104 Å². The number of hydrogen-bond donors (Lipinski definition) is 3. The Kier molecular flexibility index (Phi) is 5.60. The number of carbonyl (C=O) groups excluding carboxylic acids is 1. The monoisotopic (exact) mass is 403 g/mol. The summed E-state index contributed by atoms with van der Waals surface area (Å²) in [6.07, 6.45) is -0.372. The van der Waals surface area contributed by atoms with E-state index in [1.54, 1.807) is 24.3 Å². The second-order valence-corrected chi connectivity index (χ2v) is 6.39. The average molecular weight is 404 g/mol. The first-order valence-corrected chi connectivity index (χ1v) is 8.54. The SMILES string of the molecule is O=C(O)C[C@H](NC(=O)c1cc(O)n(-c2cccc(F)c2)n1)c1cccc(Cl)c1. The third-order valence-electron chi connectivity index (χ3n) is 3.91. The van der Waals surface area contributed by atoms with Gasteiger partial charge < -0.3 is 15.5 Å². The fraction of sp³-hybridized carbons (Fsp3) is 0.105. The zero-order valence-electron chi connectivity index (χ0n) is 14.3. The van der Waals surface area contributed by atoms with Crippen molar-refractivity contribution in [2.75, 3.05) is 0 Å². The highest BCUT2D eigenvalue weighted by molar-refractivity contribution is 6.30. The predicted molar refractivity (Wildman–Crippen MR) is 99.1 cm³/mol. The van der Waals surface area contributed by atoms with Gasteiger partial charge in [-0.15, -0.1) is 0 Å². The van der Waals surface area contributed by atoms with Gasteiger partial charge in [-0.25, -0.2) is 9.07 Å². The molecule has 0 radical (unpaired) electrons. The zero-order chi connectivity index (χ0) is 20.3. The van der Waals surface area contributed by atoms with Crippen LogP contribution in [0, 0.1) is 5.82 Å². The van der Waals surface area contributed by atoms with Crippen molar-refractivity contribution >= 4 is 23.5 Å². The molecule has 28 heavy (non-hydrogen) atoms. The van der Waals surface area contributed by atoms with Crippen molar-refractivity contribution in [3.8, 4) is 11.6 Å². The van der Waals surface area contributed by atoms with Crippen LogP contribution in [0.1, 0.15) is 28.5 Å². The van der Waals surface area contributed by atoms with Gasteiger partial charge in [-0.1, -0.05) is 29.8 Å². The van der Waals surface area contributed by atoms with Crippen LogP contribution in [-0.4, -0.2) is 31.9 Å². The lowest BCUT2D eigenvalue weighted by Gasteiger charge is -2.17. The molecule has 144 valence electrons. The Bertz CT molecular complexity index is 1040. The maximum Gasteiger partial charge on any atom is 0.305 e. The molecular weight excluding hydrogens is 389 g/mol. The first kappa shape index (κ1) is 19.4. The number of nitrogens with one attached hydrogen (secondary N) is 1. The molecule has 7 nitrogen and oxygen atoms in total. The first-order valence-electron chi connectivity index (χ1n) is 8.16. The van der Waals surface area contributed by atoms with E-state index in [1.165, 1.54) is 18.2 Å². The van der Waals surface area contributed by atoms with Crippen LogP contribution in [0.15, 0.2) is 54.6 Å². The number of hydrogen-bond acceptors (Lipinski definition) is 4. The number of rotatable bonds is 6. The molecule has 3 N–H and O–H groups in total. The van der Waals surface area contributed by atoms with Crippen LogP contribution in [0.4, 0.5) is 4.39 Å². The normalized spacial score (nSPS) is 11.8. The van der Waals surface area contributed by atoms with Gasteiger partial charge in [-0.3, -0.25) is 9.59 Å². The largest absolute Gasteiger partial charge is 0.493 e. The third kappa shape index (κ3) is 4.47. The van der Waals surface area contributed by atoms with Crippen LogP contribution in [0.3, 0.4) is 0 Å². The highest BCUT2D eigenvalue weighted by Crippen LogP contribution is 2.23. The van der Waals surface area contributed by atoms with Crippen molar-refractivity contribution in [3.05, 3.63) is 76.7 Å². The molecule has 0 saturated heterocycles. The fourth-order valence-corrected chi connectivity index (χ4v) is 2.86. The van der Waals surface area contributed by atoms with Crippen molar-refractivity contribution in [2.45, 2.75) is 12.5 Å². The van der Waals surface area contributed by atoms with Crippen LogP contribution in [-0.2, 0) is 4.79 Å². The van der Waals surface area contributed by atoms with Gasteiger partial charge in [0.05, 0.1) is 18.2 Å². The van der Waals surface area contributed by atoms with Crippen LogP contribution in [0.25, 0.3) is 5.69 Å². The molecule has 0 aliphatic heterocycles. The molecular formula is C19H15ClFN3O4. The number of carboxylic acid groups (broad SMARTS) is 1. The standard InChI is InChI=1S/C19H15ClFN3O4/c20-12-4-1-3-11(7-12)15(10-18(26)27)22-19(28)16-9-17(25)24(23-16)14-6-2-5-13(21)8-14/h1-9,15,25H,10H2,(H,22,28)(H,26,27)/t15-/m0/s1. The smallest absolute Gasteiger partial charge is 0.305 e. The number of halogens is 2. The van der Waals surface area contributed by atoms with Crippen molar-refractivity contribution < 1.29 is 24.2 Å². The Morgan fingerprint density at radius 3 is 2.61 bits per heavy atom. The number of nitrogens with zero attached hydrogens (tertiary/aromatic N) is 2. The van der Waals surface area contributed by atoms with Crippen LogP contribution >= 0.6 is 11.6 Å². The van der Waals surface area contributed by atoms with E-state index in [9.17, 15) is 19.1 Å². The molecule has 3 rings (SSSR count). The van der Waals surface area contributed by atoms with Gasteiger partial charge in [0, 0.05) is 11.1 Å². The van der Waals surface area contributed by atoms with Gasteiger partial charge in [0.15, 0.2) is 5.69 Å². The summed E-state index contributed by atoms with van der Waals surface area (Å²) >= 11 is 5.94. The quantitative estimate of drug-likeness (QED) is 0.585. The van der Waals surface area contributed by atoms with Crippen molar-refractivity contribution in [3.63, 3.8) is 0 Å². The molecule has 0 fully saturated rings. The highest BCUT2D eigenvalue weighted by Gasteiger charge is 2.22. The second-order valence-electron chi connectivity index (χ2n) is 5.96. The Labute approximate surface area is 164 Å². The first-order chi connectivity index (χ1) is 13.3. The second kappa shape index (κ2) is 8.10. The summed E-state index contributed by atoms with van der Waals surface area (Å²) in [5.41, 5.74) is 0.588. The van der Waals surface area contributed by atoms with E-state index < -0.39 is 23.7 Å². The molecule has 1 amide bonds. The molecule has 1 atom stereocenters. The zero-order valence-corrected chi connectivity index (χ0v) is 15.1. The Morgan fingerprint density at radius 2 is 1.93 bits per heavy atom. The maximum atomic E-state index is 13.4. The summed E-state index contributed by atoms with van der Waals surface area (Å²) in [5, 5.41) is 26.1. The molecule has 2 aromatic carbocycles. The van der Waals surface area contributed by atoms with E-state index >= 15 is 0 Å². The van der Waals surface area contributed by atoms with Gasteiger partial charge in [0.25, 0.3) is 5.91 Å². The molecule has 9 heteroatoms. The lowest BCUT2D eigenvalue weighted by Crippen LogP contribution is -2.30. The summed E-state index contributed by atoms with van der Waals surface area (Å²) in [6, 6.07) is 12.0. The molecule has 1 heterocycles. The Hall–Kier alpha value is -3.39. The van der Waals surface area contributed by atoms with E-state index in [0.29, 0.717) is 10.6 Å². The number of aromatic nitrogens is 2. The van der Waals surface area contributed by atoms with E-state index in [0.717, 1.165) is 16.8 Å². The summed E-state index contributed by atoms with van der Waals surface area (Å²) in [5.74, 6) is -2.70. The summed E-state index contributed by atoms with van der Waals surface area (Å²) in [4.78, 5) is 23.7. The van der Waals surface area contributed by atoms with E-state index in [1.807, 2.05) is 0 Å². The number of aromatic hydroxyl groups is 1. The number of carboxylic acids is 1. The van der Waals surface area contributed by atoms with Gasteiger partial charge in [-0.2, -0.15) is 5.10 Å². The molecule has 0 saturated carbocycles. The van der Waals surface area contributed by atoms with Gasteiger partial charge in [-0.05, 0) is 35.9 Å². The summed E-state index contributed by atoms with van der Waals surface area (Å²) < 4.78 is 14.4. The lowest BCUT2D eigenvalue weighted by atomic mass is 10.0. The van der Waals surface area contributed by atoms with E-state index in [4.69, 9.17) is 16.7 Å². The number of amides is 1. The number of benzene rings is 2. The van der Waals surface area contributed by atoms with Crippen molar-refractivity contribution in [2.24, 2.45) is 0 Å². The lowest BCUT2D eigenvalue weighted by molar-refractivity contribution is -0.137. The van der Waals surface area contributed by atoms with Crippen molar-refractivity contribution in [1.29, 1.82) is 0 Å². The fourth-order valence-electron chi connectivity index (χ4n) is 2.66. The van der Waals surface area contributed by atoms with Crippen LogP contribution in [0.5, 0.6) is 5.88 Å². The average Bonchev–Trinajstić information content (AvgIpc) is 3.03. The Morgan fingerprint density at radius 1 is 1.18 bits per heavy atom. The summed E-state index contributed by atoms with van der Waals surface area (Å²) in [7, 11) is 0. The van der Waals surface area contributed by atoms with Crippen LogP contribution in [0.2, 0.25) is 5.02 Å². The molecule has 0 unspecified atom stereocenters. The third-order valence-corrected chi connectivity index (χ3v) is 4.15. The number of aliphatic carboxylic acids is 1. The summed E-state index contributed by atoms with van der Waals surface area (Å²) in [6.45, 7) is 0. The van der Waals surface area contributed by atoms with E-state index in [2.05, 4.69) is 10.4 Å². The molecule has 0 bridgehead atoms. The molecule has 3 aromatic rings. The molecule has 1 aromatic heterocycles. The Balaban J connectivity index is 1.86. The molecule has 0 aliphatic carbocycles. The molecule has 0 spiro atoms. The van der Waals surface area contributed by atoms with Gasteiger partial charge in [0.1, 0.15) is 5.82 Å². The number of carbonyl (C=O) groups is 2.